The van der Waals surface area contributed by atoms with Gasteiger partial charge in [0.15, 0.2) is 11.5 Å². The van der Waals surface area contributed by atoms with Crippen molar-refractivity contribution in [3.05, 3.63) is 29.2 Å². The molecule has 24 heavy (non-hydrogen) atoms. The van der Waals surface area contributed by atoms with E-state index in [1.165, 1.54) is 0 Å². The molecule has 2 aliphatic rings. The van der Waals surface area contributed by atoms with E-state index in [0.717, 1.165) is 38.3 Å². The minimum absolute atomic E-state index is 0.0113. The molecule has 0 amide bonds. The Morgan fingerprint density at radius 1 is 1.25 bits per heavy atom. The van der Waals surface area contributed by atoms with Crippen LogP contribution in [-0.4, -0.2) is 38.3 Å². The van der Waals surface area contributed by atoms with Crippen molar-refractivity contribution in [2.45, 2.75) is 50.2 Å². The highest BCUT2D eigenvalue weighted by Gasteiger charge is 2.35. The smallest absolute Gasteiger partial charge is 0.339 e. The summed E-state index contributed by atoms with van der Waals surface area (Å²) >= 11 is 0. The van der Waals surface area contributed by atoms with Crippen molar-refractivity contribution >= 4 is 0 Å². The van der Waals surface area contributed by atoms with Crippen LogP contribution >= 0.6 is 0 Å². The number of piperidine rings is 1. The van der Waals surface area contributed by atoms with E-state index in [2.05, 4.69) is 25.2 Å². The SMILES string of the molecule is FC(F)(F)c1cc([C@@H]2CCCN(Cc3noc(C4CC4)n3)C2)[nH]n1. The van der Waals surface area contributed by atoms with Gasteiger partial charge in [0, 0.05) is 24.1 Å². The van der Waals surface area contributed by atoms with Crippen molar-refractivity contribution in [3.8, 4) is 0 Å². The first-order valence-electron chi connectivity index (χ1n) is 8.16. The van der Waals surface area contributed by atoms with Gasteiger partial charge in [-0.05, 0) is 38.3 Å². The van der Waals surface area contributed by atoms with Crippen LogP contribution in [0.5, 0.6) is 0 Å². The fourth-order valence-corrected chi connectivity index (χ4v) is 3.17. The summed E-state index contributed by atoms with van der Waals surface area (Å²) < 4.78 is 43.3. The summed E-state index contributed by atoms with van der Waals surface area (Å²) in [6.45, 7) is 2.10. The molecule has 0 unspecified atom stereocenters. The molecule has 1 saturated carbocycles. The number of rotatable bonds is 4. The topological polar surface area (TPSA) is 70.8 Å². The third-order valence-corrected chi connectivity index (χ3v) is 4.61. The standard InChI is InChI=1S/C15H18F3N5O/c16-15(17,18)12-6-11(20-21-12)10-2-1-5-23(7-10)8-13-19-14(24-22-13)9-3-4-9/h6,9-10H,1-5,7-8H2,(H,20,21)/t10-/m1/s1. The quantitative estimate of drug-likeness (QED) is 0.925. The zero-order chi connectivity index (χ0) is 16.7. The Kier molecular flexibility index (Phi) is 3.82. The van der Waals surface area contributed by atoms with Crippen LogP contribution in [0.4, 0.5) is 13.2 Å². The molecule has 130 valence electrons. The van der Waals surface area contributed by atoms with Crippen LogP contribution in [0.2, 0.25) is 0 Å². The highest BCUT2D eigenvalue weighted by Crippen LogP contribution is 2.39. The van der Waals surface area contributed by atoms with Gasteiger partial charge in [0.05, 0.1) is 6.54 Å². The molecule has 4 rings (SSSR count). The molecular weight excluding hydrogens is 323 g/mol. The number of nitrogens with zero attached hydrogens (tertiary/aromatic N) is 4. The summed E-state index contributed by atoms with van der Waals surface area (Å²) in [4.78, 5) is 6.57. The van der Waals surface area contributed by atoms with E-state index < -0.39 is 11.9 Å². The number of aromatic amines is 1. The molecule has 2 aromatic heterocycles. The molecule has 9 heteroatoms. The molecule has 2 aromatic rings. The van der Waals surface area contributed by atoms with Crippen LogP contribution in [0.15, 0.2) is 10.6 Å². The molecule has 3 heterocycles. The number of nitrogens with one attached hydrogen (secondary N) is 1. The summed E-state index contributed by atoms with van der Waals surface area (Å²) in [5.74, 6) is 1.79. The van der Waals surface area contributed by atoms with Gasteiger partial charge < -0.3 is 4.52 Å². The molecule has 1 N–H and O–H groups in total. The largest absolute Gasteiger partial charge is 0.435 e. The number of aromatic nitrogens is 4. The Bertz CT molecular complexity index is 706. The van der Waals surface area contributed by atoms with E-state index >= 15 is 0 Å². The van der Waals surface area contributed by atoms with Crippen molar-refractivity contribution in [2.75, 3.05) is 13.1 Å². The minimum Gasteiger partial charge on any atom is -0.339 e. The predicted molar refractivity (Wildman–Crippen MR) is 77.1 cm³/mol. The zero-order valence-corrected chi connectivity index (χ0v) is 13.0. The molecule has 1 saturated heterocycles. The number of hydrogen-bond acceptors (Lipinski definition) is 5. The summed E-state index contributed by atoms with van der Waals surface area (Å²) in [7, 11) is 0. The van der Waals surface area contributed by atoms with Gasteiger partial charge in [0.25, 0.3) is 0 Å². The van der Waals surface area contributed by atoms with Crippen molar-refractivity contribution in [3.63, 3.8) is 0 Å². The van der Waals surface area contributed by atoms with E-state index in [4.69, 9.17) is 4.52 Å². The van der Waals surface area contributed by atoms with Crippen molar-refractivity contribution in [2.24, 2.45) is 0 Å². The third kappa shape index (κ3) is 3.31. The van der Waals surface area contributed by atoms with Gasteiger partial charge in [0.2, 0.25) is 5.89 Å². The molecule has 2 fully saturated rings. The molecule has 0 bridgehead atoms. The lowest BCUT2D eigenvalue weighted by Crippen LogP contribution is -2.34. The summed E-state index contributed by atoms with van der Waals surface area (Å²) in [5.41, 5.74) is -0.319. The van der Waals surface area contributed by atoms with Gasteiger partial charge in [-0.1, -0.05) is 5.16 Å². The number of hydrogen-bond donors (Lipinski definition) is 1. The fraction of sp³-hybridized carbons (Fsp3) is 0.667. The molecule has 1 atom stereocenters. The van der Waals surface area contributed by atoms with E-state index in [1.54, 1.807) is 0 Å². The van der Waals surface area contributed by atoms with Gasteiger partial charge in [-0.15, -0.1) is 0 Å². The van der Waals surface area contributed by atoms with Gasteiger partial charge in [-0.25, -0.2) is 0 Å². The number of likely N-dealkylation sites (tertiary alicyclic amines) is 1. The number of H-pyrrole nitrogens is 1. The Labute approximate surface area is 136 Å². The molecular formula is C15H18F3N5O. The lowest BCUT2D eigenvalue weighted by atomic mass is 9.94. The highest BCUT2D eigenvalue weighted by molar-refractivity contribution is 5.16. The van der Waals surface area contributed by atoms with Crippen LogP contribution in [-0.2, 0) is 12.7 Å². The van der Waals surface area contributed by atoms with Gasteiger partial charge in [-0.3, -0.25) is 10.00 Å². The lowest BCUT2D eigenvalue weighted by molar-refractivity contribution is -0.141. The summed E-state index contributed by atoms with van der Waals surface area (Å²) in [5, 5.41) is 9.95. The molecule has 0 radical (unpaired) electrons. The molecule has 1 aliphatic carbocycles. The normalized spacial score (nSPS) is 22.9. The molecule has 6 nitrogen and oxygen atoms in total. The van der Waals surface area contributed by atoms with Crippen molar-refractivity contribution in [1.82, 2.24) is 25.2 Å². The lowest BCUT2D eigenvalue weighted by Gasteiger charge is -2.31. The second-order valence-corrected chi connectivity index (χ2v) is 6.60. The van der Waals surface area contributed by atoms with Crippen LogP contribution in [0.1, 0.15) is 60.6 Å². The van der Waals surface area contributed by atoms with E-state index in [-0.39, 0.29) is 5.92 Å². The maximum atomic E-state index is 12.7. The highest BCUT2D eigenvalue weighted by atomic mass is 19.4. The van der Waals surface area contributed by atoms with E-state index in [1.807, 2.05) is 0 Å². The zero-order valence-electron chi connectivity index (χ0n) is 13.0. The average Bonchev–Trinajstić information content (AvgIpc) is 3.08. The second kappa shape index (κ2) is 5.87. The van der Waals surface area contributed by atoms with Crippen LogP contribution in [0.3, 0.4) is 0 Å². The van der Waals surface area contributed by atoms with Crippen molar-refractivity contribution < 1.29 is 17.7 Å². The first kappa shape index (κ1) is 15.6. The maximum absolute atomic E-state index is 12.7. The third-order valence-electron chi connectivity index (χ3n) is 4.61. The monoisotopic (exact) mass is 341 g/mol. The second-order valence-electron chi connectivity index (χ2n) is 6.60. The summed E-state index contributed by atoms with van der Waals surface area (Å²) in [6.07, 6.45) is -0.440. The molecule has 1 aliphatic heterocycles. The van der Waals surface area contributed by atoms with Crippen molar-refractivity contribution in [1.29, 1.82) is 0 Å². The van der Waals surface area contributed by atoms with E-state index in [0.29, 0.717) is 36.4 Å². The Balaban J connectivity index is 1.40. The van der Waals surface area contributed by atoms with Crippen LogP contribution < -0.4 is 0 Å². The summed E-state index contributed by atoms with van der Waals surface area (Å²) in [6, 6.07) is 1.12. The number of halogens is 3. The minimum atomic E-state index is -4.41. The molecule has 0 aromatic carbocycles. The maximum Gasteiger partial charge on any atom is 0.435 e. The van der Waals surface area contributed by atoms with Gasteiger partial charge in [-0.2, -0.15) is 23.3 Å². The van der Waals surface area contributed by atoms with Gasteiger partial charge in [0.1, 0.15) is 0 Å². The van der Waals surface area contributed by atoms with E-state index in [9.17, 15) is 13.2 Å². The van der Waals surface area contributed by atoms with Crippen LogP contribution in [0, 0.1) is 0 Å². The first-order valence-corrected chi connectivity index (χ1v) is 8.16. The Morgan fingerprint density at radius 2 is 2.08 bits per heavy atom. The van der Waals surface area contributed by atoms with Gasteiger partial charge >= 0.3 is 6.18 Å². The average molecular weight is 341 g/mol. The predicted octanol–water partition coefficient (Wildman–Crippen LogP) is 3.07. The first-order chi connectivity index (χ1) is 11.5. The number of alkyl halides is 3. The Hall–Kier alpha value is -1.90. The van der Waals surface area contributed by atoms with Crippen LogP contribution in [0.25, 0.3) is 0 Å². The molecule has 0 spiro atoms. The Morgan fingerprint density at radius 3 is 2.79 bits per heavy atom. The fourth-order valence-electron chi connectivity index (χ4n) is 3.17.